The fourth-order valence-corrected chi connectivity index (χ4v) is 7.23. The number of benzene rings is 2. The van der Waals surface area contributed by atoms with Crippen molar-refractivity contribution in [1.29, 1.82) is 0 Å². The van der Waals surface area contributed by atoms with Crippen molar-refractivity contribution >= 4 is 18.2 Å². The Morgan fingerprint density at radius 3 is 2.21 bits per heavy atom. The van der Waals surface area contributed by atoms with Gasteiger partial charge in [0.1, 0.15) is 12.2 Å². The van der Waals surface area contributed by atoms with Gasteiger partial charge in [-0.05, 0) is 75.1 Å². The van der Waals surface area contributed by atoms with Crippen LogP contribution in [0.4, 0.5) is 9.59 Å². The van der Waals surface area contributed by atoms with E-state index >= 15 is 0 Å². The summed E-state index contributed by atoms with van der Waals surface area (Å²) in [6, 6.07) is 16.4. The molecule has 8 heteroatoms. The van der Waals surface area contributed by atoms with Crippen molar-refractivity contribution in [3.63, 3.8) is 0 Å². The lowest BCUT2D eigenvalue weighted by Gasteiger charge is -2.44. The summed E-state index contributed by atoms with van der Waals surface area (Å²) < 4.78 is 11.8. The largest absolute Gasteiger partial charge is 0.481 e. The normalized spacial score (nSPS) is 21.9. The molecule has 0 aromatic heterocycles. The first-order valence-electron chi connectivity index (χ1n) is 15.5. The van der Waals surface area contributed by atoms with Gasteiger partial charge in [-0.2, -0.15) is 0 Å². The number of amides is 2. The maximum atomic E-state index is 13.9. The standard InChI is InChI=1S/C34H44N2O6/c1-34(2,3)42-33(40)36-20-10-18-30(36)27-16-8-9-17-29(27)35(21-11-19-31(37)38)32(39)41-22-28-25-14-6-4-12-23(25)24-13-5-7-15-26(24)28/h4-7,12-15,27-30H,8-11,16-22H2,1-3H3,(H,37,38). The van der Waals surface area contributed by atoms with Crippen molar-refractivity contribution in [3.05, 3.63) is 59.7 Å². The summed E-state index contributed by atoms with van der Waals surface area (Å²) in [5.74, 6) is -0.851. The third-order valence-electron chi connectivity index (χ3n) is 8.96. The van der Waals surface area contributed by atoms with Gasteiger partial charge in [-0.1, -0.05) is 61.4 Å². The van der Waals surface area contributed by atoms with Gasteiger partial charge in [-0.15, -0.1) is 0 Å². The monoisotopic (exact) mass is 576 g/mol. The smallest absolute Gasteiger partial charge is 0.410 e. The maximum absolute atomic E-state index is 13.9. The van der Waals surface area contributed by atoms with Crippen LogP contribution in [0.2, 0.25) is 0 Å². The minimum atomic E-state index is -0.880. The first kappa shape index (κ1) is 29.9. The fourth-order valence-electron chi connectivity index (χ4n) is 7.23. The number of rotatable bonds is 8. The van der Waals surface area contributed by atoms with Crippen molar-refractivity contribution in [3.8, 4) is 11.1 Å². The number of carboxylic acids is 1. The van der Waals surface area contributed by atoms with Gasteiger partial charge in [0.05, 0.1) is 0 Å². The molecule has 2 fully saturated rings. The molecule has 42 heavy (non-hydrogen) atoms. The van der Waals surface area contributed by atoms with E-state index in [0.717, 1.165) is 49.7 Å². The topological polar surface area (TPSA) is 96.4 Å². The molecule has 8 nitrogen and oxygen atoms in total. The van der Waals surface area contributed by atoms with Crippen LogP contribution in [0.25, 0.3) is 11.1 Å². The van der Waals surface area contributed by atoms with E-state index in [4.69, 9.17) is 9.47 Å². The molecule has 1 saturated carbocycles. The third kappa shape index (κ3) is 6.58. The molecular weight excluding hydrogens is 532 g/mol. The molecule has 2 amide bonds. The molecule has 226 valence electrons. The van der Waals surface area contributed by atoms with Gasteiger partial charge in [0.2, 0.25) is 0 Å². The summed E-state index contributed by atoms with van der Waals surface area (Å²) in [5.41, 5.74) is 4.06. The lowest BCUT2D eigenvalue weighted by molar-refractivity contribution is -0.137. The Morgan fingerprint density at radius 2 is 1.57 bits per heavy atom. The maximum Gasteiger partial charge on any atom is 0.410 e. The molecule has 3 atom stereocenters. The highest BCUT2D eigenvalue weighted by molar-refractivity contribution is 5.79. The molecule has 3 aliphatic rings. The summed E-state index contributed by atoms with van der Waals surface area (Å²) >= 11 is 0. The molecule has 1 saturated heterocycles. The lowest BCUT2D eigenvalue weighted by atomic mass is 9.78. The van der Waals surface area contributed by atoms with Crippen molar-refractivity contribution < 1.29 is 29.0 Å². The predicted molar refractivity (Wildman–Crippen MR) is 160 cm³/mol. The van der Waals surface area contributed by atoms with Gasteiger partial charge in [-0.25, -0.2) is 9.59 Å². The Hall–Kier alpha value is -3.55. The SMILES string of the molecule is CC(C)(C)OC(=O)N1CCCC1C1CCCCC1N(CCCC(=O)O)C(=O)OCC1c2ccccc2-c2ccccc21. The van der Waals surface area contributed by atoms with Crippen LogP contribution >= 0.6 is 0 Å². The highest BCUT2D eigenvalue weighted by Gasteiger charge is 2.44. The van der Waals surface area contributed by atoms with Gasteiger partial charge in [0.15, 0.2) is 0 Å². The first-order valence-corrected chi connectivity index (χ1v) is 15.5. The van der Waals surface area contributed by atoms with Crippen LogP contribution in [0.1, 0.15) is 89.2 Å². The zero-order valence-corrected chi connectivity index (χ0v) is 25.1. The van der Waals surface area contributed by atoms with Crippen molar-refractivity contribution in [1.82, 2.24) is 9.80 Å². The number of likely N-dealkylation sites (tertiary alicyclic amines) is 1. The Bertz CT molecular complexity index is 1240. The van der Waals surface area contributed by atoms with E-state index in [9.17, 15) is 19.5 Å². The number of hydrogen-bond acceptors (Lipinski definition) is 5. The average molecular weight is 577 g/mol. The number of carbonyl (C=O) groups excluding carboxylic acids is 2. The van der Waals surface area contributed by atoms with Crippen LogP contribution in [0.15, 0.2) is 48.5 Å². The third-order valence-corrected chi connectivity index (χ3v) is 8.96. The Morgan fingerprint density at radius 1 is 0.929 bits per heavy atom. The molecule has 0 bridgehead atoms. The van der Waals surface area contributed by atoms with E-state index in [1.54, 1.807) is 4.90 Å². The van der Waals surface area contributed by atoms with Crippen LogP contribution in [-0.4, -0.2) is 70.4 Å². The second kappa shape index (κ2) is 12.8. The summed E-state index contributed by atoms with van der Waals surface area (Å²) in [7, 11) is 0. The van der Waals surface area contributed by atoms with Gasteiger partial charge >= 0.3 is 18.2 Å². The minimum Gasteiger partial charge on any atom is -0.481 e. The van der Waals surface area contributed by atoms with Crippen LogP contribution in [0.5, 0.6) is 0 Å². The highest BCUT2D eigenvalue weighted by Crippen LogP contribution is 2.45. The van der Waals surface area contributed by atoms with Crippen LogP contribution < -0.4 is 0 Å². The van der Waals surface area contributed by atoms with Gasteiger partial charge in [-0.3, -0.25) is 4.79 Å². The van der Waals surface area contributed by atoms with E-state index in [1.807, 2.05) is 49.9 Å². The second-order valence-corrected chi connectivity index (χ2v) is 12.9. The Balaban J connectivity index is 1.35. The molecule has 3 unspecified atom stereocenters. The summed E-state index contributed by atoms with van der Waals surface area (Å²) in [6.07, 6.45) is 5.13. The summed E-state index contributed by atoms with van der Waals surface area (Å²) in [4.78, 5) is 42.1. The molecule has 2 aliphatic carbocycles. The number of carbonyl (C=O) groups is 3. The summed E-state index contributed by atoms with van der Waals surface area (Å²) in [5, 5.41) is 9.33. The molecule has 2 aromatic rings. The second-order valence-electron chi connectivity index (χ2n) is 12.9. The van der Waals surface area contributed by atoms with E-state index in [-0.39, 0.29) is 43.0 Å². The molecule has 2 aromatic carbocycles. The minimum absolute atomic E-state index is 0.0159. The average Bonchev–Trinajstić information content (AvgIpc) is 3.57. The molecular formula is C34H44N2O6. The lowest BCUT2D eigenvalue weighted by Crippen LogP contribution is -2.54. The van der Waals surface area contributed by atoms with Gasteiger partial charge < -0.3 is 24.4 Å². The first-order chi connectivity index (χ1) is 20.1. The number of nitrogens with zero attached hydrogens (tertiary/aromatic N) is 2. The number of carboxylic acid groups (broad SMARTS) is 1. The van der Waals surface area contributed by atoms with Gasteiger partial charge in [0.25, 0.3) is 0 Å². The van der Waals surface area contributed by atoms with Crippen molar-refractivity contribution in [2.45, 2.75) is 95.7 Å². The summed E-state index contributed by atoms with van der Waals surface area (Å²) in [6.45, 7) is 6.80. The quantitative estimate of drug-likeness (QED) is 0.361. The number of aliphatic carboxylic acids is 1. The van der Waals surface area contributed by atoms with E-state index in [2.05, 4.69) is 24.3 Å². The van der Waals surface area contributed by atoms with E-state index < -0.39 is 17.7 Å². The zero-order chi connectivity index (χ0) is 29.9. The number of hydrogen-bond donors (Lipinski definition) is 1. The molecule has 1 N–H and O–H groups in total. The van der Waals surface area contributed by atoms with Crippen LogP contribution in [-0.2, 0) is 14.3 Å². The van der Waals surface area contributed by atoms with Crippen LogP contribution in [0.3, 0.4) is 0 Å². The Kier molecular flexibility index (Phi) is 9.09. The van der Waals surface area contributed by atoms with Gasteiger partial charge in [0, 0.05) is 43.4 Å². The predicted octanol–water partition coefficient (Wildman–Crippen LogP) is 7.06. The zero-order valence-electron chi connectivity index (χ0n) is 25.1. The number of ether oxygens (including phenoxy) is 2. The molecule has 1 heterocycles. The fraction of sp³-hybridized carbons (Fsp3) is 0.559. The Labute approximate surface area is 249 Å². The van der Waals surface area contributed by atoms with Crippen molar-refractivity contribution in [2.24, 2.45) is 5.92 Å². The molecule has 5 rings (SSSR count). The van der Waals surface area contributed by atoms with E-state index in [1.165, 1.54) is 11.1 Å². The van der Waals surface area contributed by atoms with E-state index in [0.29, 0.717) is 19.5 Å². The highest BCUT2D eigenvalue weighted by atomic mass is 16.6. The molecule has 0 radical (unpaired) electrons. The van der Waals surface area contributed by atoms with Crippen LogP contribution in [0, 0.1) is 5.92 Å². The molecule has 0 spiro atoms. The van der Waals surface area contributed by atoms with Crippen molar-refractivity contribution in [2.75, 3.05) is 19.7 Å². The molecule has 1 aliphatic heterocycles. The number of fused-ring (bicyclic) bond motifs is 3.